The average molecular weight is 304 g/mol. The smallest absolute Gasteiger partial charge is 0.371 e. The number of carboxylic acid groups (broad SMARTS) is 1. The van der Waals surface area contributed by atoms with Crippen molar-refractivity contribution in [2.75, 3.05) is 13.7 Å². The Morgan fingerprint density at radius 1 is 1.36 bits per heavy atom. The van der Waals surface area contributed by atoms with Crippen molar-refractivity contribution in [1.29, 1.82) is 0 Å². The Balaban J connectivity index is 0.00000135. The van der Waals surface area contributed by atoms with Crippen molar-refractivity contribution in [2.45, 2.75) is 20.8 Å². The third-order valence-electron chi connectivity index (χ3n) is 2.55. The van der Waals surface area contributed by atoms with Crippen LogP contribution in [0, 0.1) is 0 Å². The number of hydrogen-bond acceptors (Lipinski definition) is 3. The van der Waals surface area contributed by atoms with Gasteiger partial charge < -0.3 is 14.6 Å². The molecule has 1 aromatic rings. The zero-order valence-electron chi connectivity index (χ0n) is 13.6. The van der Waals surface area contributed by atoms with Gasteiger partial charge in [0.25, 0.3) is 0 Å². The molecule has 0 aliphatic heterocycles. The molecule has 0 saturated carbocycles. The van der Waals surface area contributed by atoms with Crippen LogP contribution in [0.4, 0.5) is 0 Å². The highest BCUT2D eigenvalue weighted by Gasteiger charge is 2.06. The molecule has 4 heteroatoms. The van der Waals surface area contributed by atoms with Crippen LogP contribution in [0.3, 0.4) is 0 Å². The molecule has 0 atom stereocenters. The Bertz CT molecular complexity index is 542. The Kier molecular flexibility index (Phi) is 9.93. The molecular formula is C18H24O4. The van der Waals surface area contributed by atoms with Gasteiger partial charge in [-0.05, 0) is 50.1 Å². The molecular weight excluding hydrogens is 280 g/mol. The van der Waals surface area contributed by atoms with Gasteiger partial charge in [-0.2, -0.15) is 0 Å². The van der Waals surface area contributed by atoms with Gasteiger partial charge in [0, 0.05) is 0 Å². The normalized spacial score (nSPS) is 11.1. The van der Waals surface area contributed by atoms with Gasteiger partial charge in [-0.15, -0.1) is 6.58 Å². The number of carbonyl (C=O) groups is 1. The third-order valence-corrected chi connectivity index (χ3v) is 2.55. The Morgan fingerprint density at radius 3 is 2.50 bits per heavy atom. The monoisotopic (exact) mass is 304 g/mol. The molecule has 1 rings (SSSR count). The van der Waals surface area contributed by atoms with E-state index in [0.717, 1.165) is 11.1 Å². The molecule has 1 N–H and O–H groups in total. The van der Waals surface area contributed by atoms with Crippen molar-refractivity contribution in [3.8, 4) is 5.75 Å². The van der Waals surface area contributed by atoms with E-state index in [-0.39, 0.29) is 5.76 Å². The van der Waals surface area contributed by atoms with Crippen LogP contribution in [0.2, 0.25) is 0 Å². The molecule has 0 fully saturated rings. The first-order valence-electron chi connectivity index (χ1n) is 6.89. The molecule has 0 aliphatic rings. The Hall–Kier alpha value is -2.49. The predicted octanol–water partition coefficient (Wildman–Crippen LogP) is 4.30. The summed E-state index contributed by atoms with van der Waals surface area (Å²) < 4.78 is 10.4. The highest BCUT2D eigenvalue weighted by molar-refractivity contribution is 5.89. The van der Waals surface area contributed by atoms with Crippen molar-refractivity contribution in [3.63, 3.8) is 0 Å². The number of allylic oxidation sites excluding steroid dienone is 2. The lowest BCUT2D eigenvalue weighted by Gasteiger charge is -2.07. The van der Waals surface area contributed by atoms with Gasteiger partial charge in [-0.1, -0.05) is 24.3 Å². The molecule has 1 aromatic carbocycles. The quantitative estimate of drug-likeness (QED) is 0.484. The molecule has 22 heavy (non-hydrogen) atoms. The second-order valence-corrected chi connectivity index (χ2v) is 4.42. The van der Waals surface area contributed by atoms with E-state index in [9.17, 15) is 4.79 Å². The van der Waals surface area contributed by atoms with Crippen LogP contribution in [0.15, 0.2) is 54.3 Å². The van der Waals surface area contributed by atoms with Gasteiger partial charge in [0.05, 0.1) is 7.11 Å². The second-order valence-electron chi connectivity index (χ2n) is 4.42. The maximum absolute atomic E-state index is 10.8. The molecule has 0 aliphatic carbocycles. The summed E-state index contributed by atoms with van der Waals surface area (Å²) in [6, 6.07) is 7.19. The van der Waals surface area contributed by atoms with Crippen molar-refractivity contribution in [3.05, 3.63) is 59.9 Å². The molecule has 0 amide bonds. The molecule has 0 spiro atoms. The van der Waals surface area contributed by atoms with E-state index in [2.05, 4.69) is 6.58 Å². The minimum atomic E-state index is -1.10. The standard InChI is InChI=1S/C15H18O4.C3H6/c1-4-11(2)10-19-13-7-5-6-12(8-13)9-14(18-3)15(16)17;1-3-2/h4-9H,10H2,1-3H3,(H,16,17);3H,1H2,2H3/b11-4+,14-9-;. The van der Waals surface area contributed by atoms with E-state index < -0.39 is 5.97 Å². The highest BCUT2D eigenvalue weighted by atomic mass is 16.5. The summed E-state index contributed by atoms with van der Waals surface area (Å²) in [7, 11) is 1.33. The molecule has 0 radical (unpaired) electrons. The van der Waals surface area contributed by atoms with E-state index in [0.29, 0.717) is 12.4 Å². The predicted molar refractivity (Wildman–Crippen MR) is 89.9 cm³/mol. The first kappa shape index (κ1) is 19.5. The summed E-state index contributed by atoms with van der Waals surface area (Å²) >= 11 is 0. The number of ether oxygens (including phenoxy) is 2. The second kappa shape index (κ2) is 11.2. The van der Waals surface area contributed by atoms with Gasteiger partial charge in [-0.25, -0.2) is 4.79 Å². The molecule has 0 unspecified atom stereocenters. The van der Waals surface area contributed by atoms with E-state index >= 15 is 0 Å². The summed E-state index contributed by atoms with van der Waals surface area (Å²) in [6.07, 6.45) is 5.19. The van der Waals surface area contributed by atoms with Gasteiger partial charge >= 0.3 is 5.97 Å². The summed E-state index contributed by atoms with van der Waals surface area (Å²) in [5.74, 6) is -0.517. The molecule has 120 valence electrons. The largest absolute Gasteiger partial charge is 0.490 e. The van der Waals surface area contributed by atoms with Crippen molar-refractivity contribution < 1.29 is 19.4 Å². The van der Waals surface area contributed by atoms with Gasteiger partial charge in [0.2, 0.25) is 5.76 Å². The van der Waals surface area contributed by atoms with E-state index in [1.807, 2.05) is 32.9 Å². The van der Waals surface area contributed by atoms with Crippen LogP contribution in [0.1, 0.15) is 26.3 Å². The summed E-state index contributed by atoms with van der Waals surface area (Å²) in [6.45, 7) is 9.70. The van der Waals surface area contributed by atoms with E-state index in [1.54, 1.807) is 24.3 Å². The fourth-order valence-electron chi connectivity index (χ4n) is 1.33. The van der Waals surface area contributed by atoms with Crippen LogP contribution < -0.4 is 4.74 Å². The van der Waals surface area contributed by atoms with E-state index in [1.165, 1.54) is 13.2 Å². The lowest BCUT2D eigenvalue weighted by Crippen LogP contribution is -2.02. The average Bonchev–Trinajstić information content (AvgIpc) is 2.51. The number of rotatable bonds is 6. The number of carboxylic acids is 1. The number of methoxy groups -OCH3 is 1. The lowest BCUT2D eigenvalue weighted by atomic mass is 10.2. The maximum Gasteiger partial charge on any atom is 0.371 e. The van der Waals surface area contributed by atoms with Crippen LogP contribution in [-0.2, 0) is 9.53 Å². The van der Waals surface area contributed by atoms with Crippen molar-refractivity contribution in [2.24, 2.45) is 0 Å². The lowest BCUT2D eigenvalue weighted by molar-refractivity contribution is -0.135. The van der Waals surface area contributed by atoms with Crippen LogP contribution in [0.25, 0.3) is 6.08 Å². The molecule has 0 saturated heterocycles. The number of aliphatic carboxylic acids is 1. The number of benzene rings is 1. The first-order valence-corrected chi connectivity index (χ1v) is 6.89. The van der Waals surface area contributed by atoms with Gasteiger partial charge in [0.15, 0.2) is 0 Å². The molecule has 4 nitrogen and oxygen atoms in total. The molecule has 0 aromatic heterocycles. The van der Waals surface area contributed by atoms with Crippen molar-refractivity contribution in [1.82, 2.24) is 0 Å². The maximum atomic E-state index is 10.8. The fourth-order valence-corrected chi connectivity index (χ4v) is 1.33. The summed E-state index contributed by atoms with van der Waals surface area (Å²) in [4.78, 5) is 10.8. The summed E-state index contributed by atoms with van der Waals surface area (Å²) in [5, 5.41) is 8.88. The minimum Gasteiger partial charge on any atom is -0.490 e. The Labute approximate surface area is 132 Å². The topological polar surface area (TPSA) is 55.8 Å². The molecule has 0 heterocycles. The van der Waals surface area contributed by atoms with Gasteiger partial charge in [-0.3, -0.25) is 0 Å². The summed E-state index contributed by atoms with van der Waals surface area (Å²) in [5.41, 5.74) is 1.85. The Morgan fingerprint density at radius 2 is 2.00 bits per heavy atom. The highest BCUT2D eigenvalue weighted by Crippen LogP contribution is 2.17. The zero-order chi connectivity index (χ0) is 17.0. The third kappa shape index (κ3) is 7.94. The number of hydrogen-bond donors (Lipinski definition) is 1. The first-order chi connectivity index (χ1) is 10.5. The molecule has 0 bridgehead atoms. The fraction of sp³-hybridized carbons (Fsp3) is 0.278. The minimum absolute atomic E-state index is 0.109. The van der Waals surface area contributed by atoms with Gasteiger partial charge in [0.1, 0.15) is 12.4 Å². The van der Waals surface area contributed by atoms with Crippen LogP contribution in [-0.4, -0.2) is 24.8 Å². The SMILES string of the molecule is C/C=C(\C)COc1cccc(/C=C(\OC)C(=O)O)c1.C=CC. The van der Waals surface area contributed by atoms with Crippen LogP contribution >= 0.6 is 0 Å². The van der Waals surface area contributed by atoms with E-state index in [4.69, 9.17) is 14.6 Å². The zero-order valence-corrected chi connectivity index (χ0v) is 13.6. The van der Waals surface area contributed by atoms with Crippen molar-refractivity contribution >= 4 is 12.0 Å². The van der Waals surface area contributed by atoms with Crippen LogP contribution in [0.5, 0.6) is 5.75 Å².